The lowest BCUT2D eigenvalue weighted by Gasteiger charge is -2.13. The fraction of sp³-hybridized carbons (Fsp3) is 0.640. The zero-order valence-corrected chi connectivity index (χ0v) is 22.4. The smallest absolute Gasteiger partial charge is 0.243 e. The van der Waals surface area contributed by atoms with Crippen molar-refractivity contribution in [3.05, 3.63) is 39.8 Å². The third kappa shape index (κ3) is 10.9. The summed E-state index contributed by atoms with van der Waals surface area (Å²) in [6, 6.07) is 4.00. The summed E-state index contributed by atoms with van der Waals surface area (Å²) >= 11 is 7.25. The highest BCUT2D eigenvalue weighted by molar-refractivity contribution is 9.11. The van der Waals surface area contributed by atoms with E-state index in [1.807, 2.05) is 29.9 Å². The van der Waals surface area contributed by atoms with Gasteiger partial charge < -0.3 is 9.47 Å². The van der Waals surface area contributed by atoms with Crippen LogP contribution in [-0.2, 0) is 13.6 Å². The number of nitrogens with zero attached hydrogens (tertiary/aromatic N) is 2. The minimum Gasteiger partial charge on any atom is -0.492 e. The van der Waals surface area contributed by atoms with Crippen LogP contribution in [0.1, 0.15) is 77.6 Å². The first-order chi connectivity index (χ1) is 15.1. The highest BCUT2D eigenvalue weighted by Gasteiger charge is 2.10. The third-order valence-electron chi connectivity index (χ3n) is 5.38. The molecule has 31 heavy (non-hydrogen) atoms. The maximum absolute atomic E-state index is 5.99. The maximum Gasteiger partial charge on any atom is 0.243 e. The molecular weight excluding hydrogens is 520 g/mol. The number of unbranched alkanes of at least 4 members (excludes halogenated alkanes) is 9. The molecule has 6 heteroatoms. The quantitative estimate of drug-likeness (QED) is 0.147. The molecule has 0 aliphatic heterocycles. The van der Waals surface area contributed by atoms with Gasteiger partial charge in [0.05, 0.1) is 35.8 Å². The molecule has 0 unspecified atom stereocenters. The second-order valence-corrected chi connectivity index (χ2v) is 9.97. The van der Waals surface area contributed by atoms with Gasteiger partial charge in [-0.25, -0.2) is 9.13 Å². The van der Waals surface area contributed by atoms with E-state index < -0.39 is 0 Å². The van der Waals surface area contributed by atoms with Crippen molar-refractivity contribution in [1.29, 1.82) is 0 Å². The second kappa shape index (κ2) is 15.7. The Hall–Kier alpha value is -1.01. The zero-order chi connectivity index (χ0) is 22.3. The van der Waals surface area contributed by atoms with E-state index in [9.17, 15) is 0 Å². The molecule has 1 aromatic carbocycles. The maximum atomic E-state index is 5.99. The van der Waals surface area contributed by atoms with Crippen molar-refractivity contribution in [3.8, 4) is 11.5 Å². The summed E-state index contributed by atoms with van der Waals surface area (Å²) < 4.78 is 18.0. The Morgan fingerprint density at radius 3 is 1.81 bits per heavy atom. The molecular formula is C25H39Br2N2O2+. The first kappa shape index (κ1) is 26.2. The molecule has 2 rings (SSSR count). The Bertz CT molecular complexity index is 749. The Kier molecular flexibility index (Phi) is 13.3. The molecule has 1 aromatic heterocycles. The number of halogens is 2. The zero-order valence-electron chi connectivity index (χ0n) is 19.3. The molecule has 4 nitrogen and oxygen atoms in total. The Morgan fingerprint density at radius 2 is 1.29 bits per heavy atom. The molecule has 0 bridgehead atoms. The van der Waals surface area contributed by atoms with E-state index in [0.29, 0.717) is 6.61 Å². The van der Waals surface area contributed by atoms with Crippen molar-refractivity contribution >= 4 is 31.9 Å². The highest BCUT2D eigenvalue weighted by Crippen LogP contribution is 2.36. The fourth-order valence-electron chi connectivity index (χ4n) is 3.57. The molecule has 0 aliphatic carbocycles. The summed E-state index contributed by atoms with van der Waals surface area (Å²) in [4.78, 5) is 0. The van der Waals surface area contributed by atoms with Crippen molar-refractivity contribution in [2.45, 2.75) is 84.1 Å². The topological polar surface area (TPSA) is 27.3 Å². The number of ether oxygens (including phenoxy) is 2. The molecule has 0 aliphatic rings. The first-order valence-corrected chi connectivity index (χ1v) is 13.4. The van der Waals surface area contributed by atoms with Gasteiger partial charge in [-0.1, -0.05) is 64.7 Å². The van der Waals surface area contributed by atoms with Gasteiger partial charge in [-0.3, -0.25) is 0 Å². The minimum absolute atomic E-state index is 0.672. The van der Waals surface area contributed by atoms with Crippen LogP contribution in [0.2, 0.25) is 0 Å². The fourth-order valence-corrected chi connectivity index (χ4v) is 4.44. The standard InChI is InChI=1S/C25H39Br2N2O2/c1-3-4-5-6-7-8-9-10-11-12-17-30-24-19-23(27)25(20-22(24)26)31-18-13-14-29-16-15-28(2)21-29/h15-16,19-21H,3-14,17-18H2,1-2H3/q+1. The highest BCUT2D eigenvalue weighted by atomic mass is 79.9. The van der Waals surface area contributed by atoms with E-state index in [-0.39, 0.29) is 0 Å². The van der Waals surface area contributed by atoms with Crippen LogP contribution in [0.25, 0.3) is 0 Å². The summed E-state index contributed by atoms with van der Waals surface area (Å²) in [5.41, 5.74) is 0. The number of benzene rings is 1. The Balaban J connectivity index is 1.58. The number of imidazole rings is 1. The third-order valence-corrected chi connectivity index (χ3v) is 6.62. The number of rotatable bonds is 17. The van der Waals surface area contributed by atoms with Crippen molar-refractivity contribution in [2.75, 3.05) is 13.2 Å². The van der Waals surface area contributed by atoms with Crippen LogP contribution < -0.4 is 14.0 Å². The number of aromatic nitrogens is 2. The molecule has 0 radical (unpaired) electrons. The molecule has 174 valence electrons. The summed E-state index contributed by atoms with van der Waals surface area (Å²) in [6.07, 6.45) is 20.5. The van der Waals surface area contributed by atoms with Gasteiger partial charge in [0.2, 0.25) is 6.33 Å². The van der Waals surface area contributed by atoms with Crippen LogP contribution in [0.15, 0.2) is 39.8 Å². The SMILES string of the molecule is CCCCCCCCCCCCOc1cc(Br)c(OCCCn2cc[n+](C)c2)cc1Br. The van der Waals surface area contributed by atoms with Crippen LogP contribution >= 0.6 is 31.9 Å². The number of aryl methyl sites for hydroxylation is 2. The van der Waals surface area contributed by atoms with Crippen LogP contribution in [0.3, 0.4) is 0 Å². The predicted octanol–water partition coefficient (Wildman–Crippen LogP) is 7.61. The minimum atomic E-state index is 0.672. The average molecular weight is 559 g/mol. The van der Waals surface area contributed by atoms with Gasteiger partial charge in [0.25, 0.3) is 0 Å². The molecule has 2 aromatic rings. The lowest BCUT2D eigenvalue weighted by molar-refractivity contribution is -0.671. The molecule has 0 atom stereocenters. The largest absolute Gasteiger partial charge is 0.492 e. The van der Waals surface area contributed by atoms with Crippen molar-refractivity contribution in [3.63, 3.8) is 0 Å². The first-order valence-electron chi connectivity index (χ1n) is 11.9. The Labute approximate surface area is 205 Å². The van der Waals surface area contributed by atoms with Crippen molar-refractivity contribution in [2.24, 2.45) is 7.05 Å². The van der Waals surface area contributed by atoms with Crippen LogP contribution in [0, 0.1) is 0 Å². The summed E-state index contributed by atoms with van der Waals surface area (Å²) in [6.45, 7) is 4.65. The normalized spacial score (nSPS) is 11.1. The van der Waals surface area contributed by atoms with Gasteiger partial charge in [0, 0.05) is 6.42 Å². The van der Waals surface area contributed by atoms with Gasteiger partial charge >= 0.3 is 0 Å². The van der Waals surface area contributed by atoms with Crippen LogP contribution in [-0.4, -0.2) is 17.8 Å². The molecule has 0 spiro atoms. The summed E-state index contributed by atoms with van der Waals surface area (Å²) in [5, 5.41) is 0. The predicted molar refractivity (Wildman–Crippen MR) is 135 cm³/mol. The number of hydrogen-bond acceptors (Lipinski definition) is 2. The molecule has 0 saturated heterocycles. The van der Waals surface area contributed by atoms with E-state index >= 15 is 0 Å². The number of hydrogen-bond donors (Lipinski definition) is 0. The van der Waals surface area contributed by atoms with E-state index in [0.717, 1.165) is 46.4 Å². The van der Waals surface area contributed by atoms with Gasteiger partial charge in [0.1, 0.15) is 23.9 Å². The lowest BCUT2D eigenvalue weighted by atomic mass is 10.1. The van der Waals surface area contributed by atoms with Gasteiger partial charge in [-0.15, -0.1) is 0 Å². The summed E-state index contributed by atoms with van der Waals surface area (Å²) in [5.74, 6) is 1.71. The van der Waals surface area contributed by atoms with E-state index in [1.54, 1.807) is 0 Å². The monoisotopic (exact) mass is 557 g/mol. The molecule has 0 fully saturated rings. The second-order valence-electron chi connectivity index (χ2n) is 8.26. The molecule has 0 N–H and O–H groups in total. The van der Waals surface area contributed by atoms with Crippen molar-refractivity contribution in [1.82, 2.24) is 4.57 Å². The molecule has 1 heterocycles. The molecule has 0 saturated carbocycles. The van der Waals surface area contributed by atoms with Crippen LogP contribution in [0.4, 0.5) is 0 Å². The van der Waals surface area contributed by atoms with E-state index in [2.05, 4.69) is 55.9 Å². The van der Waals surface area contributed by atoms with Gasteiger partial charge in [0.15, 0.2) is 0 Å². The van der Waals surface area contributed by atoms with Crippen LogP contribution in [0.5, 0.6) is 11.5 Å². The lowest BCUT2D eigenvalue weighted by Crippen LogP contribution is -2.23. The molecule has 0 amide bonds. The van der Waals surface area contributed by atoms with E-state index in [4.69, 9.17) is 9.47 Å². The van der Waals surface area contributed by atoms with Gasteiger partial charge in [-0.2, -0.15) is 0 Å². The Morgan fingerprint density at radius 1 is 0.774 bits per heavy atom. The average Bonchev–Trinajstić information content (AvgIpc) is 3.17. The van der Waals surface area contributed by atoms with Crippen molar-refractivity contribution < 1.29 is 14.0 Å². The summed E-state index contributed by atoms with van der Waals surface area (Å²) in [7, 11) is 2.03. The van der Waals surface area contributed by atoms with E-state index in [1.165, 1.54) is 57.8 Å². The van der Waals surface area contributed by atoms with Gasteiger partial charge in [-0.05, 0) is 50.4 Å².